The summed E-state index contributed by atoms with van der Waals surface area (Å²) >= 11 is 0. The number of ether oxygens (including phenoxy) is 2. The van der Waals surface area contributed by atoms with Crippen molar-refractivity contribution in [2.24, 2.45) is 0 Å². The molecule has 96 valence electrons. The molecule has 1 aliphatic heterocycles. The standard InChI is InChI=1S/C16H14O3/c1-18-12-8-6-11(7-9-12)14-10-16(17)19-15-5-3-2-4-13(14)15/h2-9,14H,10H2,1H3. The van der Waals surface area contributed by atoms with Crippen LogP contribution in [-0.4, -0.2) is 13.1 Å². The zero-order valence-corrected chi connectivity index (χ0v) is 10.6. The molecule has 0 aliphatic carbocycles. The second-order valence-corrected chi connectivity index (χ2v) is 4.54. The molecule has 0 saturated heterocycles. The Hall–Kier alpha value is -2.29. The fraction of sp³-hybridized carbons (Fsp3) is 0.188. The first-order valence-electron chi connectivity index (χ1n) is 6.21. The summed E-state index contributed by atoms with van der Waals surface area (Å²) in [5.74, 6) is 1.36. The quantitative estimate of drug-likeness (QED) is 0.610. The van der Waals surface area contributed by atoms with Gasteiger partial charge in [0.1, 0.15) is 11.5 Å². The maximum Gasteiger partial charge on any atom is 0.312 e. The summed E-state index contributed by atoms with van der Waals surface area (Å²) in [6.45, 7) is 0. The number of para-hydroxylation sites is 1. The van der Waals surface area contributed by atoms with Crippen LogP contribution in [0.5, 0.6) is 11.5 Å². The summed E-state index contributed by atoms with van der Waals surface area (Å²) in [7, 11) is 1.64. The SMILES string of the molecule is COc1ccc(C2CC(=O)Oc3ccccc32)cc1. The van der Waals surface area contributed by atoms with Crippen LogP contribution >= 0.6 is 0 Å². The van der Waals surface area contributed by atoms with Gasteiger partial charge in [0.2, 0.25) is 0 Å². The van der Waals surface area contributed by atoms with Crippen LogP contribution in [0.3, 0.4) is 0 Å². The van der Waals surface area contributed by atoms with Crippen LogP contribution in [0.25, 0.3) is 0 Å². The molecule has 0 fully saturated rings. The molecule has 0 bridgehead atoms. The number of carbonyl (C=O) groups excluding carboxylic acids is 1. The first kappa shape index (κ1) is 11.8. The van der Waals surface area contributed by atoms with Crippen LogP contribution in [0.4, 0.5) is 0 Å². The van der Waals surface area contributed by atoms with E-state index in [1.807, 2.05) is 48.5 Å². The summed E-state index contributed by atoms with van der Waals surface area (Å²) in [6, 6.07) is 15.5. The van der Waals surface area contributed by atoms with Crippen LogP contribution in [0, 0.1) is 0 Å². The number of rotatable bonds is 2. The van der Waals surface area contributed by atoms with Crippen molar-refractivity contribution in [1.29, 1.82) is 0 Å². The third kappa shape index (κ3) is 2.19. The van der Waals surface area contributed by atoms with Gasteiger partial charge in [0, 0.05) is 11.5 Å². The van der Waals surface area contributed by atoms with Gasteiger partial charge in [-0.15, -0.1) is 0 Å². The van der Waals surface area contributed by atoms with Gasteiger partial charge in [0.25, 0.3) is 0 Å². The smallest absolute Gasteiger partial charge is 0.312 e. The van der Waals surface area contributed by atoms with E-state index < -0.39 is 0 Å². The number of methoxy groups -OCH3 is 1. The third-order valence-corrected chi connectivity index (χ3v) is 3.41. The molecule has 2 aromatic carbocycles. The molecule has 1 atom stereocenters. The van der Waals surface area contributed by atoms with Crippen molar-refractivity contribution in [1.82, 2.24) is 0 Å². The lowest BCUT2D eigenvalue weighted by atomic mass is 9.86. The number of hydrogen-bond donors (Lipinski definition) is 0. The summed E-state index contributed by atoms with van der Waals surface area (Å²) in [5, 5.41) is 0. The molecule has 0 spiro atoms. The molecule has 1 aliphatic rings. The van der Waals surface area contributed by atoms with E-state index in [9.17, 15) is 4.79 Å². The van der Waals surface area contributed by atoms with Crippen LogP contribution in [0.2, 0.25) is 0 Å². The molecule has 0 radical (unpaired) electrons. The molecule has 3 rings (SSSR count). The number of benzene rings is 2. The summed E-state index contributed by atoms with van der Waals surface area (Å²) in [6.07, 6.45) is 0.378. The van der Waals surface area contributed by atoms with Gasteiger partial charge in [0.05, 0.1) is 13.5 Å². The Bertz CT molecular complexity index is 602. The van der Waals surface area contributed by atoms with Crippen molar-refractivity contribution in [3.05, 3.63) is 59.7 Å². The van der Waals surface area contributed by atoms with E-state index in [-0.39, 0.29) is 11.9 Å². The van der Waals surface area contributed by atoms with Crippen LogP contribution in [0.1, 0.15) is 23.5 Å². The molecule has 0 aromatic heterocycles. The molecular weight excluding hydrogens is 240 g/mol. The van der Waals surface area contributed by atoms with E-state index in [0.29, 0.717) is 12.2 Å². The second kappa shape index (κ2) is 4.76. The number of esters is 1. The zero-order chi connectivity index (χ0) is 13.2. The van der Waals surface area contributed by atoms with Gasteiger partial charge < -0.3 is 9.47 Å². The van der Waals surface area contributed by atoms with E-state index in [1.165, 1.54) is 0 Å². The van der Waals surface area contributed by atoms with Crippen molar-refractivity contribution in [3.8, 4) is 11.5 Å². The van der Waals surface area contributed by atoms with Crippen molar-refractivity contribution >= 4 is 5.97 Å². The van der Waals surface area contributed by atoms with E-state index in [2.05, 4.69) is 0 Å². The summed E-state index contributed by atoms with van der Waals surface area (Å²) in [5.41, 5.74) is 2.16. The molecule has 1 unspecified atom stereocenters. The molecule has 2 aromatic rings. The van der Waals surface area contributed by atoms with Gasteiger partial charge in [-0.05, 0) is 23.8 Å². The minimum atomic E-state index is -0.181. The predicted octanol–water partition coefficient (Wildman–Crippen LogP) is 3.14. The Kier molecular flexibility index (Phi) is 2.95. The molecular formula is C16H14O3. The Morgan fingerprint density at radius 3 is 2.58 bits per heavy atom. The predicted molar refractivity (Wildman–Crippen MR) is 71.5 cm³/mol. The van der Waals surface area contributed by atoms with Crippen LogP contribution in [-0.2, 0) is 4.79 Å². The van der Waals surface area contributed by atoms with Crippen LogP contribution < -0.4 is 9.47 Å². The van der Waals surface area contributed by atoms with Crippen molar-refractivity contribution in [3.63, 3.8) is 0 Å². The highest BCUT2D eigenvalue weighted by Crippen LogP contribution is 2.38. The highest BCUT2D eigenvalue weighted by atomic mass is 16.5. The molecule has 1 heterocycles. The lowest BCUT2D eigenvalue weighted by molar-refractivity contribution is -0.135. The van der Waals surface area contributed by atoms with Gasteiger partial charge in [-0.1, -0.05) is 30.3 Å². The van der Waals surface area contributed by atoms with Crippen molar-refractivity contribution in [2.75, 3.05) is 7.11 Å². The molecule has 3 heteroatoms. The molecule has 0 N–H and O–H groups in total. The maximum absolute atomic E-state index is 11.7. The van der Waals surface area contributed by atoms with E-state index in [1.54, 1.807) is 7.11 Å². The fourth-order valence-electron chi connectivity index (χ4n) is 2.44. The number of hydrogen-bond acceptors (Lipinski definition) is 3. The van der Waals surface area contributed by atoms with Gasteiger partial charge >= 0.3 is 5.97 Å². The van der Waals surface area contributed by atoms with Crippen LogP contribution in [0.15, 0.2) is 48.5 Å². The Morgan fingerprint density at radius 1 is 1.11 bits per heavy atom. The Balaban J connectivity index is 2.02. The first-order chi connectivity index (χ1) is 9.28. The van der Waals surface area contributed by atoms with E-state index >= 15 is 0 Å². The maximum atomic E-state index is 11.7. The van der Waals surface area contributed by atoms with Crippen molar-refractivity contribution < 1.29 is 14.3 Å². The Labute approximate surface area is 111 Å². The highest BCUT2D eigenvalue weighted by molar-refractivity contribution is 5.77. The van der Waals surface area contributed by atoms with E-state index in [4.69, 9.17) is 9.47 Å². The van der Waals surface area contributed by atoms with Gasteiger partial charge in [-0.2, -0.15) is 0 Å². The summed E-state index contributed by atoms with van der Waals surface area (Å²) in [4.78, 5) is 11.7. The number of fused-ring (bicyclic) bond motifs is 1. The average Bonchev–Trinajstić information content (AvgIpc) is 2.46. The fourth-order valence-corrected chi connectivity index (χ4v) is 2.44. The molecule has 19 heavy (non-hydrogen) atoms. The average molecular weight is 254 g/mol. The van der Waals surface area contributed by atoms with Crippen molar-refractivity contribution in [2.45, 2.75) is 12.3 Å². The molecule has 3 nitrogen and oxygen atoms in total. The molecule has 0 amide bonds. The normalized spacial score (nSPS) is 17.5. The summed E-state index contributed by atoms with van der Waals surface area (Å²) < 4.78 is 10.4. The monoisotopic (exact) mass is 254 g/mol. The van der Waals surface area contributed by atoms with Gasteiger partial charge in [-0.25, -0.2) is 0 Å². The van der Waals surface area contributed by atoms with Gasteiger partial charge in [-0.3, -0.25) is 4.79 Å². The highest BCUT2D eigenvalue weighted by Gasteiger charge is 2.27. The van der Waals surface area contributed by atoms with Gasteiger partial charge in [0.15, 0.2) is 0 Å². The second-order valence-electron chi connectivity index (χ2n) is 4.54. The minimum Gasteiger partial charge on any atom is -0.497 e. The van der Waals surface area contributed by atoms with E-state index in [0.717, 1.165) is 16.9 Å². The topological polar surface area (TPSA) is 35.5 Å². The number of carbonyl (C=O) groups is 1. The minimum absolute atomic E-state index is 0.0587. The molecule has 0 saturated carbocycles. The zero-order valence-electron chi connectivity index (χ0n) is 10.6. The largest absolute Gasteiger partial charge is 0.497 e. The lowest BCUT2D eigenvalue weighted by Gasteiger charge is -2.24. The Morgan fingerprint density at radius 2 is 1.84 bits per heavy atom. The lowest BCUT2D eigenvalue weighted by Crippen LogP contribution is -2.20. The third-order valence-electron chi connectivity index (χ3n) is 3.41. The first-order valence-corrected chi connectivity index (χ1v) is 6.21.